The minimum absolute atomic E-state index is 0.171. The number of ether oxygens (including phenoxy) is 1. The number of aromatic nitrogens is 2. The summed E-state index contributed by atoms with van der Waals surface area (Å²) in [5.74, 6) is -1.02. The zero-order valence-electron chi connectivity index (χ0n) is 16.4. The number of pyridine rings is 2. The Morgan fingerprint density at radius 3 is 2.66 bits per heavy atom. The highest BCUT2D eigenvalue weighted by atomic mass is 35.5. The smallest absolute Gasteiger partial charge is 0.339 e. The normalized spacial score (nSPS) is 10.7. The highest BCUT2D eigenvalue weighted by molar-refractivity contribution is 6.32. The van der Waals surface area contributed by atoms with Gasteiger partial charge in [-0.3, -0.25) is 9.78 Å². The molecular formula is C22H22ClN3O3. The molecule has 3 aromatic rings. The van der Waals surface area contributed by atoms with E-state index in [-0.39, 0.29) is 5.15 Å². The van der Waals surface area contributed by atoms with Gasteiger partial charge < -0.3 is 10.1 Å². The lowest BCUT2D eigenvalue weighted by atomic mass is 9.96. The molecule has 1 N–H and O–H groups in total. The highest BCUT2D eigenvalue weighted by Crippen LogP contribution is 2.26. The van der Waals surface area contributed by atoms with E-state index in [1.165, 1.54) is 6.20 Å². The molecular weight excluding hydrogens is 390 g/mol. The molecule has 1 aromatic carbocycles. The molecule has 0 unspecified atom stereocenters. The molecule has 2 heterocycles. The number of carbonyl (C=O) groups is 2. The first-order chi connectivity index (χ1) is 14.0. The number of anilines is 1. The second-order valence-corrected chi connectivity index (χ2v) is 6.86. The van der Waals surface area contributed by atoms with Crippen molar-refractivity contribution in [2.75, 3.05) is 11.9 Å². The van der Waals surface area contributed by atoms with Gasteiger partial charge in [-0.2, -0.15) is 0 Å². The van der Waals surface area contributed by atoms with E-state index in [2.05, 4.69) is 17.2 Å². The zero-order chi connectivity index (χ0) is 20.8. The highest BCUT2D eigenvalue weighted by Gasteiger charge is 2.21. The van der Waals surface area contributed by atoms with Crippen LogP contribution in [0.5, 0.6) is 0 Å². The quantitative estimate of drug-likeness (QED) is 0.454. The molecule has 29 heavy (non-hydrogen) atoms. The number of esters is 1. The molecule has 6 nitrogen and oxygen atoms in total. The van der Waals surface area contributed by atoms with Crippen LogP contribution in [-0.2, 0) is 22.4 Å². The Balaban J connectivity index is 1.84. The molecule has 1 amide bonds. The number of hydrogen-bond acceptors (Lipinski definition) is 5. The zero-order valence-corrected chi connectivity index (χ0v) is 17.1. The van der Waals surface area contributed by atoms with Crippen molar-refractivity contribution in [3.63, 3.8) is 0 Å². The summed E-state index contributed by atoms with van der Waals surface area (Å²) >= 11 is 5.94. The van der Waals surface area contributed by atoms with Crippen LogP contribution >= 0.6 is 11.6 Å². The molecule has 0 saturated heterocycles. The summed E-state index contributed by atoms with van der Waals surface area (Å²) in [5.41, 5.74) is 3.35. The van der Waals surface area contributed by atoms with Crippen molar-refractivity contribution >= 4 is 40.1 Å². The van der Waals surface area contributed by atoms with Gasteiger partial charge in [0, 0.05) is 17.3 Å². The average Bonchev–Trinajstić information content (AvgIpc) is 2.73. The lowest BCUT2D eigenvalue weighted by molar-refractivity contribution is -0.119. The van der Waals surface area contributed by atoms with Crippen LogP contribution in [0.1, 0.15) is 41.9 Å². The average molecular weight is 412 g/mol. The van der Waals surface area contributed by atoms with Gasteiger partial charge >= 0.3 is 5.97 Å². The summed E-state index contributed by atoms with van der Waals surface area (Å²) in [6, 6.07) is 10.7. The Bertz CT molecular complexity index is 1050. The van der Waals surface area contributed by atoms with Crippen molar-refractivity contribution in [2.24, 2.45) is 0 Å². The van der Waals surface area contributed by atoms with Crippen LogP contribution < -0.4 is 5.32 Å². The molecule has 7 heteroatoms. The SMILES string of the molecule is CCCc1nc2ccccc2c(C(=O)OCC(=O)Nc2cccnc2Cl)c1CC. The van der Waals surface area contributed by atoms with Crippen molar-refractivity contribution in [3.05, 3.63) is 64.6 Å². The third-order valence-corrected chi connectivity index (χ3v) is 4.79. The number of para-hydroxylation sites is 1. The number of halogens is 1. The Morgan fingerprint density at radius 2 is 1.93 bits per heavy atom. The van der Waals surface area contributed by atoms with Crippen molar-refractivity contribution < 1.29 is 14.3 Å². The monoisotopic (exact) mass is 411 g/mol. The summed E-state index contributed by atoms with van der Waals surface area (Å²) in [7, 11) is 0. The van der Waals surface area contributed by atoms with Crippen molar-refractivity contribution in [1.82, 2.24) is 9.97 Å². The van der Waals surface area contributed by atoms with Gasteiger partial charge in [-0.1, -0.05) is 50.1 Å². The fourth-order valence-electron chi connectivity index (χ4n) is 3.23. The first-order valence-corrected chi connectivity index (χ1v) is 9.90. The minimum atomic E-state index is -0.537. The molecule has 2 aromatic heterocycles. The number of carbonyl (C=O) groups excluding carboxylic acids is 2. The van der Waals surface area contributed by atoms with Gasteiger partial charge in [0.05, 0.1) is 16.8 Å². The summed E-state index contributed by atoms with van der Waals surface area (Å²) in [5, 5.41) is 3.49. The van der Waals surface area contributed by atoms with E-state index in [4.69, 9.17) is 21.3 Å². The summed E-state index contributed by atoms with van der Waals surface area (Å²) in [6.07, 6.45) is 3.86. The standard InChI is InChI=1S/C22H22ClN3O3/c1-3-8-16-14(4-2)20(15-9-5-6-10-17(15)25-16)22(28)29-13-19(27)26-18-11-7-12-24-21(18)23/h5-7,9-12H,3-4,8,13H2,1-2H3,(H,26,27). The molecule has 0 atom stereocenters. The lowest BCUT2D eigenvalue weighted by Crippen LogP contribution is -2.22. The van der Waals surface area contributed by atoms with E-state index in [0.29, 0.717) is 17.7 Å². The van der Waals surface area contributed by atoms with E-state index in [1.807, 2.05) is 31.2 Å². The van der Waals surface area contributed by atoms with Crippen LogP contribution in [0.15, 0.2) is 42.6 Å². The van der Waals surface area contributed by atoms with Gasteiger partial charge in [-0.05, 0) is 36.6 Å². The molecule has 3 rings (SSSR count). The maximum absolute atomic E-state index is 13.0. The summed E-state index contributed by atoms with van der Waals surface area (Å²) < 4.78 is 5.34. The topological polar surface area (TPSA) is 81.2 Å². The Kier molecular flexibility index (Phi) is 6.77. The van der Waals surface area contributed by atoms with Crippen molar-refractivity contribution in [2.45, 2.75) is 33.1 Å². The van der Waals surface area contributed by atoms with E-state index in [9.17, 15) is 9.59 Å². The molecule has 0 aliphatic heterocycles. The first-order valence-electron chi connectivity index (χ1n) is 9.53. The predicted molar refractivity (Wildman–Crippen MR) is 113 cm³/mol. The van der Waals surface area contributed by atoms with Crippen molar-refractivity contribution in [1.29, 1.82) is 0 Å². The first kappa shape index (κ1) is 20.7. The fourth-order valence-corrected chi connectivity index (χ4v) is 3.40. The molecule has 0 saturated carbocycles. The molecule has 0 bridgehead atoms. The van der Waals surface area contributed by atoms with E-state index < -0.39 is 18.5 Å². The number of rotatable bonds is 7. The van der Waals surface area contributed by atoms with Crippen LogP contribution in [0, 0.1) is 0 Å². The van der Waals surface area contributed by atoms with E-state index >= 15 is 0 Å². The molecule has 0 spiro atoms. The second kappa shape index (κ2) is 9.47. The Morgan fingerprint density at radius 1 is 1.14 bits per heavy atom. The van der Waals surface area contributed by atoms with Gasteiger partial charge in [0.15, 0.2) is 11.8 Å². The summed E-state index contributed by atoms with van der Waals surface area (Å²) in [6.45, 7) is 3.63. The minimum Gasteiger partial charge on any atom is -0.452 e. The third-order valence-electron chi connectivity index (χ3n) is 4.49. The second-order valence-electron chi connectivity index (χ2n) is 6.50. The van der Waals surface area contributed by atoms with E-state index in [1.54, 1.807) is 12.1 Å². The molecule has 0 aliphatic carbocycles. The van der Waals surface area contributed by atoms with Gasteiger partial charge in [0.25, 0.3) is 5.91 Å². The van der Waals surface area contributed by atoms with Crippen LogP contribution in [0.4, 0.5) is 5.69 Å². The Labute approximate surface area is 174 Å². The molecule has 0 fully saturated rings. The number of nitrogens with zero attached hydrogens (tertiary/aromatic N) is 2. The molecule has 0 radical (unpaired) electrons. The number of amides is 1. The van der Waals surface area contributed by atoms with Crippen LogP contribution in [-0.4, -0.2) is 28.5 Å². The van der Waals surface area contributed by atoms with Gasteiger partial charge in [-0.25, -0.2) is 9.78 Å². The maximum atomic E-state index is 13.0. The van der Waals surface area contributed by atoms with Crippen LogP contribution in [0.3, 0.4) is 0 Å². The van der Waals surface area contributed by atoms with Gasteiger partial charge in [-0.15, -0.1) is 0 Å². The van der Waals surface area contributed by atoms with Crippen LogP contribution in [0.2, 0.25) is 5.15 Å². The third kappa shape index (κ3) is 4.71. The molecule has 0 aliphatic rings. The van der Waals surface area contributed by atoms with Gasteiger partial charge in [0.1, 0.15) is 0 Å². The summed E-state index contributed by atoms with van der Waals surface area (Å²) in [4.78, 5) is 33.8. The lowest BCUT2D eigenvalue weighted by Gasteiger charge is -2.15. The number of aryl methyl sites for hydroxylation is 1. The molecule has 150 valence electrons. The van der Waals surface area contributed by atoms with Crippen molar-refractivity contribution in [3.8, 4) is 0 Å². The number of hydrogen-bond donors (Lipinski definition) is 1. The largest absolute Gasteiger partial charge is 0.452 e. The van der Waals surface area contributed by atoms with E-state index in [0.717, 1.165) is 35.0 Å². The Hall–Kier alpha value is -2.99. The number of fused-ring (bicyclic) bond motifs is 1. The maximum Gasteiger partial charge on any atom is 0.339 e. The number of benzene rings is 1. The predicted octanol–water partition coefficient (Wildman–Crippen LogP) is 4.59. The van der Waals surface area contributed by atoms with Crippen LogP contribution in [0.25, 0.3) is 10.9 Å². The fraction of sp³-hybridized carbons (Fsp3) is 0.273. The number of nitrogens with one attached hydrogen (secondary N) is 1. The van der Waals surface area contributed by atoms with Gasteiger partial charge in [0.2, 0.25) is 0 Å².